The normalized spacial score (nSPS) is 11.1. The van der Waals surface area contributed by atoms with Crippen LogP contribution in [0.3, 0.4) is 0 Å². The van der Waals surface area contributed by atoms with Gasteiger partial charge in [0.05, 0.1) is 16.1 Å². The fourth-order valence-corrected chi connectivity index (χ4v) is 2.48. The summed E-state index contributed by atoms with van der Waals surface area (Å²) in [7, 11) is 3.44. The topological polar surface area (TPSA) is 26.9 Å². The quantitative estimate of drug-likeness (QED) is 0.725. The van der Waals surface area contributed by atoms with Crippen molar-refractivity contribution in [3.05, 3.63) is 32.1 Å². The zero-order chi connectivity index (χ0) is 10.5. The van der Waals surface area contributed by atoms with Crippen molar-refractivity contribution in [3.63, 3.8) is 0 Å². The number of rotatable bonds is 0. The van der Waals surface area contributed by atoms with Crippen LogP contribution < -0.4 is 5.69 Å². The Morgan fingerprint density at radius 3 is 2.57 bits per heavy atom. The average Bonchev–Trinajstić information content (AvgIpc) is 2.31. The molecule has 0 saturated carbocycles. The van der Waals surface area contributed by atoms with E-state index in [2.05, 4.69) is 15.9 Å². The van der Waals surface area contributed by atoms with Gasteiger partial charge >= 0.3 is 5.69 Å². The van der Waals surface area contributed by atoms with Crippen LogP contribution in [0.2, 0.25) is 5.02 Å². The number of halogens is 2. The molecule has 1 aromatic carbocycles. The molecule has 0 spiro atoms. The van der Waals surface area contributed by atoms with E-state index in [1.165, 1.54) is 0 Å². The van der Waals surface area contributed by atoms with Crippen LogP contribution in [-0.4, -0.2) is 9.13 Å². The Kier molecular flexibility index (Phi) is 2.20. The molecule has 0 bridgehead atoms. The van der Waals surface area contributed by atoms with Crippen molar-refractivity contribution in [2.75, 3.05) is 0 Å². The molecule has 0 fully saturated rings. The Morgan fingerprint density at radius 1 is 1.29 bits per heavy atom. The molecule has 0 saturated heterocycles. The van der Waals surface area contributed by atoms with Gasteiger partial charge in [-0.05, 0) is 12.1 Å². The largest absolute Gasteiger partial charge is 0.328 e. The number of aryl methyl sites for hydroxylation is 2. The summed E-state index contributed by atoms with van der Waals surface area (Å²) in [5.74, 6) is 0. The third-order valence-corrected chi connectivity index (χ3v) is 3.02. The van der Waals surface area contributed by atoms with Crippen LogP contribution in [-0.2, 0) is 14.1 Å². The molecule has 5 heteroatoms. The molecular weight excluding hydrogens is 267 g/mol. The highest BCUT2D eigenvalue weighted by atomic mass is 79.9. The number of fused-ring (bicyclic) bond motifs is 1. The molecule has 0 aliphatic rings. The van der Waals surface area contributed by atoms with Gasteiger partial charge in [-0.1, -0.05) is 27.5 Å². The van der Waals surface area contributed by atoms with E-state index in [0.717, 1.165) is 15.5 Å². The maximum Gasteiger partial charge on any atom is 0.328 e. The van der Waals surface area contributed by atoms with Gasteiger partial charge in [0, 0.05) is 18.6 Å². The van der Waals surface area contributed by atoms with Crippen LogP contribution in [0.4, 0.5) is 0 Å². The Morgan fingerprint density at radius 2 is 1.93 bits per heavy atom. The third kappa shape index (κ3) is 1.21. The molecule has 1 heterocycles. The van der Waals surface area contributed by atoms with Crippen LogP contribution in [0.15, 0.2) is 21.4 Å². The summed E-state index contributed by atoms with van der Waals surface area (Å²) in [6.45, 7) is 0. The van der Waals surface area contributed by atoms with Gasteiger partial charge < -0.3 is 0 Å². The Bertz CT molecular complexity index is 570. The molecule has 0 N–H and O–H groups in total. The first-order valence-corrected chi connectivity index (χ1v) is 5.20. The highest BCUT2D eigenvalue weighted by Crippen LogP contribution is 2.26. The predicted octanol–water partition coefficient (Wildman–Crippen LogP) is 2.29. The summed E-state index contributed by atoms with van der Waals surface area (Å²) in [6.07, 6.45) is 0. The number of hydrogen-bond acceptors (Lipinski definition) is 1. The zero-order valence-electron chi connectivity index (χ0n) is 7.71. The number of imidazole rings is 1. The van der Waals surface area contributed by atoms with Gasteiger partial charge in [-0.2, -0.15) is 0 Å². The molecule has 2 aromatic rings. The van der Waals surface area contributed by atoms with Crippen molar-refractivity contribution in [2.45, 2.75) is 0 Å². The lowest BCUT2D eigenvalue weighted by Gasteiger charge is -1.98. The Balaban J connectivity index is 3.10. The summed E-state index contributed by atoms with van der Waals surface area (Å²) in [5, 5.41) is 0.578. The first-order valence-electron chi connectivity index (χ1n) is 4.03. The first-order chi connectivity index (χ1) is 6.52. The van der Waals surface area contributed by atoms with Crippen LogP contribution in [0, 0.1) is 0 Å². The van der Waals surface area contributed by atoms with E-state index in [9.17, 15) is 4.79 Å². The molecule has 0 amide bonds. The molecule has 0 unspecified atom stereocenters. The minimum absolute atomic E-state index is 0.0694. The summed E-state index contributed by atoms with van der Waals surface area (Å²) in [4.78, 5) is 11.6. The van der Waals surface area contributed by atoms with Gasteiger partial charge in [0.25, 0.3) is 0 Å². The van der Waals surface area contributed by atoms with Crippen molar-refractivity contribution in [3.8, 4) is 0 Å². The molecule has 3 nitrogen and oxygen atoms in total. The van der Waals surface area contributed by atoms with Gasteiger partial charge in [0.15, 0.2) is 0 Å². The van der Waals surface area contributed by atoms with Gasteiger partial charge in [0.2, 0.25) is 0 Å². The van der Waals surface area contributed by atoms with E-state index in [1.807, 2.05) is 6.07 Å². The van der Waals surface area contributed by atoms with Crippen molar-refractivity contribution in [1.29, 1.82) is 0 Å². The molecule has 74 valence electrons. The van der Waals surface area contributed by atoms with E-state index < -0.39 is 0 Å². The number of nitrogens with zero attached hydrogens (tertiary/aromatic N) is 2. The van der Waals surface area contributed by atoms with E-state index in [1.54, 1.807) is 29.3 Å². The third-order valence-electron chi connectivity index (χ3n) is 2.28. The molecular formula is C9H8BrClN2O. The smallest absolute Gasteiger partial charge is 0.295 e. The SMILES string of the molecule is Cn1c(=O)n(C)c2c(Cl)cc(Br)cc21. The van der Waals surface area contributed by atoms with Gasteiger partial charge in [-0.3, -0.25) is 9.13 Å². The van der Waals surface area contributed by atoms with E-state index in [4.69, 9.17) is 11.6 Å². The number of hydrogen-bond donors (Lipinski definition) is 0. The minimum atomic E-state index is -0.0694. The fourth-order valence-electron chi connectivity index (χ4n) is 1.56. The summed E-state index contributed by atoms with van der Waals surface area (Å²) in [5.41, 5.74) is 1.53. The van der Waals surface area contributed by atoms with E-state index in [0.29, 0.717) is 5.02 Å². The lowest BCUT2D eigenvalue weighted by molar-refractivity contribution is 0.795. The van der Waals surface area contributed by atoms with Gasteiger partial charge in [0.1, 0.15) is 0 Å². The predicted molar refractivity (Wildman–Crippen MR) is 60.9 cm³/mol. The van der Waals surface area contributed by atoms with E-state index in [-0.39, 0.29) is 5.69 Å². The molecule has 0 aliphatic carbocycles. The van der Waals surface area contributed by atoms with Crippen LogP contribution in [0.25, 0.3) is 11.0 Å². The van der Waals surface area contributed by atoms with Gasteiger partial charge in [-0.15, -0.1) is 0 Å². The molecule has 1 aromatic heterocycles. The standard InChI is InChI=1S/C9H8BrClN2O/c1-12-7-4-5(10)3-6(11)8(7)13(2)9(12)14/h3-4H,1-2H3. The highest BCUT2D eigenvalue weighted by Gasteiger charge is 2.11. The maximum absolute atomic E-state index is 11.6. The van der Waals surface area contributed by atoms with Crippen LogP contribution >= 0.6 is 27.5 Å². The van der Waals surface area contributed by atoms with Crippen LogP contribution in [0.5, 0.6) is 0 Å². The molecule has 14 heavy (non-hydrogen) atoms. The van der Waals surface area contributed by atoms with Crippen LogP contribution in [0.1, 0.15) is 0 Å². The molecule has 2 rings (SSSR count). The van der Waals surface area contributed by atoms with Crippen molar-refractivity contribution >= 4 is 38.6 Å². The molecule has 0 atom stereocenters. The van der Waals surface area contributed by atoms with Crippen molar-refractivity contribution in [2.24, 2.45) is 14.1 Å². The second-order valence-electron chi connectivity index (χ2n) is 3.16. The lowest BCUT2D eigenvalue weighted by Crippen LogP contribution is -2.19. The number of aromatic nitrogens is 2. The Hall–Kier alpha value is -0.740. The highest BCUT2D eigenvalue weighted by molar-refractivity contribution is 9.10. The summed E-state index contributed by atoms with van der Waals surface area (Å²) < 4.78 is 3.99. The first kappa shape index (κ1) is 9.80. The molecule has 0 aliphatic heterocycles. The summed E-state index contributed by atoms with van der Waals surface area (Å²) >= 11 is 9.39. The summed E-state index contributed by atoms with van der Waals surface area (Å²) in [6, 6.07) is 3.66. The number of benzene rings is 1. The van der Waals surface area contributed by atoms with Crippen molar-refractivity contribution in [1.82, 2.24) is 9.13 Å². The average molecular weight is 276 g/mol. The minimum Gasteiger partial charge on any atom is -0.295 e. The fraction of sp³-hybridized carbons (Fsp3) is 0.222. The zero-order valence-corrected chi connectivity index (χ0v) is 10.1. The second kappa shape index (κ2) is 3.14. The maximum atomic E-state index is 11.6. The van der Waals surface area contributed by atoms with Crippen molar-refractivity contribution < 1.29 is 0 Å². The van der Waals surface area contributed by atoms with Gasteiger partial charge in [-0.25, -0.2) is 4.79 Å². The Labute approximate surface area is 94.0 Å². The van der Waals surface area contributed by atoms with E-state index >= 15 is 0 Å². The second-order valence-corrected chi connectivity index (χ2v) is 4.48. The monoisotopic (exact) mass is 274 g/mol. The molecule has 0 radical (unpaired) electrons. The lowest BCUT2D eigenvalue weighted by atomic mass is 10.3.